The fourth-order valence-electron chi connectivity index (χ4n) is 1.13. The lowest BCUT2D eigenvalue weighted by Gasteiger charge is -1.92. The summed E-state index contributed by atoms with van der Waals surface area (Å²) < 4.78 is 10.3. The van der Waals surface area contributed by atoms with Crippen molar-refractivity contribution >= 4 is 17.7 Å². The van der Waals surface area contributed by atoms with Gasteiger partial charge in [-0.05, 0) is 30.7 Å². The molecule has 14 heavy (non-hydrogen) atoms. The van der Waals surface area contributed by atoms with Gasteiger partial charge in [-0.3, -0.25) is 0 Å². The summed E-state index contributed by atoms with van der Waals surface area (Å²) in [6.07, 6.45) is 5.07. The molecule has 0 aliphatic carbocycles. The van der Waals surface area contributed by atoms with Crippen LogP contribution in [0.2, 0.25) is 0 Å². The minimum atomic E-state index is 0.173. The number of nitrogen functional groups attached to an aromatic ring is 1. The van der Waals surface area contributed by atoms with E-state index in [2.05, 4.69) is 4.98 Å². The van der Waals surface area contributed by atoms with Gasteiger partial charge in [-0.15, -0.1) is 0 Å². The predicted octanol–water partition coefficient (Wildman–Crippen LogP) is 2.41. The van der Waals surface area contributed by atoms with E-state index >= 15 is 0 Å². The SMILES string of the molecule is C/C(=C\c1ccco1)c1cnc(N)o1. The van der Waals surface area contributed by atoms with Gasteiger partial charge >= 0.3 is 0 Å². The van der Waals surface area contributed by atoms with Crippen molar-refractivity contribution in [2.45, 2.75) is 6.92 Å². The summed E-state index contributed by atoms with van der Waals surface area (Å²) in [6.45, 7) is 1.91. The first-order valence-electron chi connectivity index (χ1n) is 4.19. The smallest absolute Gasteiger partial charge is 0.292 e. The van der Waals surface area contributed by atoms with Gasteiger partial charge < -0.3 is 14.6 Å². The Morgan fingerprint density at radius 2 is 2.43 bits per heavy atom. The molecule has 2 rings (SSSR count). The minimum absolute atomic E-state index is 0.173. The zero-order chi connectivity index (χ0) is 9.97. The standard InChI is InChI=1S/C10H10N2O2/c1-7(5-8-3-2-4-13-8)9-6-12-10(11)14-9/h2-6H,1H3,(H2,11,12)/b7-5+. The number of oxazole rings is 1. The van der Waals surface area contributed by atoms with Crippen LogP contribution in [0.15, 0.2) is 33.4 Å². The Bertz CT molecular complexity index is 440. The summed E-state index contributed by atoms with van der Waals surface area (Å²) in [5.41, 5.74) is 6.28. The van der Waals surface area contributed by atoms with Gasteiger partial charge in [0.1, 0.15) is 5.76 Å². The lowest BCUT2D eigenvalue weighted by molar-refractivity contribution is 0.554. The maximum Gasteiger partial charge on any atom is 0.292 e. The molecule has 2 aromatic heterocycles. The fraction of sp³-hybridized carbons (Fsp3) is 0.100. The van der Waals surface area contributed by atoms with Crippen LogP contribution in [0.3, 0.4) is 0 Å². The molecule has 2 N–H and O–H groups in total. The van der Waals surface area contributed by atoms with Crippen molar-refractivity contribution in [3.8, 4) is 0 Å². The number of furan rings is 1. The molecule has 0 atom stereocenters. The van der Waals surface area contributed by atoms with E-state index in [1.165, 1.54) is 0 Å². The normalized spacial score (nSPS) is 11.9. The molecule has 72 valence electrons. The van der Waals surface area contributed by atoms with Gasteiger partial charge in [-0.25, -0.2) is 4.98 Å². The Morgan fingerprint density at radius 1 is 1.57 bits per heavy atom. The molecule has 0 aromatic carbocycles. The molecule has 0 unspecified atom stereocenters. The van der Waals surface area contributed by atoms with E-state index in [1.54, 1.807) is 12.5 Å². The number of nitrogens with zero attached hydrogens (tertiary/aromatic N) is 1. The zero-order valence-electron chi connectivity index (χ0n) is 7.73. The molecule has 4 nitrogen and oxygen atoms in total. The quantitative estimate of drug-likeness (QED) is 0.789. The van der Waals surface area contributed by atoms with E-state index in [0.29, 0.717) is 5.76 Å². The van der Waals surface area contributed by atoms with Gasteiger partial charge in [-0.1, -0.05) is 0 Å². The number of hydrogen-bond donors (Lipinski definition) is 1. The molecular formula is C10H10N2O2. The van der Waals surface area contributed by atoms with Crippen LogP contribution in [0.4, 0.5) is 6.01 Å². The Labute approximate surface area is 81.0 Å². The molecule has 0 saturated heterocycles. The van der Waals surface area contributed by atoms with E-state index in [0.717, 1.165) is 11.3 Å². The van der Waals surface area contributed by atoms with Crippen LogP contribution >= 0.6 is 0 Å². The summed E-state index contributed by atoms with van der Waals surface area (Å²) in [6, 6.07) is 3.86. The molecule has 0 radical (unpaired) electrons. The van der Waals surface area contributed by atoms with Crippen LogP contribution in [0.5, 0.6) is 0 Å². The van der Waals surface area contributed by atoms with E-state index in [-0.39, 0.29) is 6.01 Å². The highest BCUT2D eigenvalue weighted by molar-refractivity contribution is 5.76. The first-order valence-corrected chi connectivity index (χ1v) is 4.19. The second kappa shape index (κ2) is 3.41. The molecule has 0 amide bonds. The number of hydrogen-bond acceptors (Lipinski definition) is 4. The minimum Gasteiger partial charge on any atom is -0.465 e. The maximum absolute atomic E-state index is 5.36. The number of anilines is 1. The zero-order valence-corrected chi connectivity index (χ0v) is 7.73. The number of nitrogens with two attached hydrogens (primary N) is 1. The van der Waals surface area contributed by atoms with Crippen LogP contribution in [-0.2, 0) is 0 Å². The summed E-state index contributed by atoms with van der Waals surface area (Å²) in [4.78, 5) is 3.81. The number of aromatic nitrogens is 1. The third kappa shape index (κ3) is 1.69. The Kier molecular flexibility index (Phi) is 2.10. The Hall–Kier alpha value is -1.97. The van der Waals surface area contributed by atoms with Gasteiger partial charge in [-0.2, -0.15) is 0 Å². The molecule has 0 bridgehead atoms. The van der Waals surface area contributed by atoms with Crippen LogP contribution in [-0.4, -0.2) is 4.98 Å². The van der Waals surface area contributed by atoms with Gasteiger partial charge in [0.25, 0.3) is 6.01 Å². The lowest BCUT2D eigenvalue weighted by atomic mass is 10.2. The molecule has 0 fully saturated rings. The van der Waals surface area contributed by atoms with Gasteiger partial charge in [0.15, 0.2) is 5.76 Å². The number of allylic oxidation sites excluding steroid dienone is 1. The first kappa shape index (κ1) is 8.62. The van der Waals surface area contributed by atoms with Crippen LogP contribution < -0.4 is 5.73 Å². The second-order valence-electron chi connectivity index (χ2n) is 2.91. The third-order valence-electron chi connectivity index (χ3n) is 1.81. The molecule has 0 spiro atoms. The van der Waals surface area contributed by atoms with E-state index in [1.807, 2.05) is 25.1 Å². The van der Waals surface area contributed by atoms with E-state index in [4.69, 9.17) is 14.6 Å². The summed E-state index contributed by atoms with van der Waals surface area (Å²) in [7, 11) is 0. The Morgan fingerprint density at radius 3 is 3.00 bits per heavy atom. The van der Waals surface area contributed by atoms with Crippen LogP contribution in [0, 0.1) is 0 Å². The molecule has 0 aliphatic rings. The molecule has 0 aliphatic heterocycles. The van der Waals surface area contributed by atoms with Crippen molar-refractivity contribution in [3.05, 3.63) is 36.1 Å². The lowest BCUT2D eigenvalue weighted by Crippen LogP contribution is -1.80. The van der Waals surface area contributed by atoms with Crippen molar-refractivity contribution in [3.63, 3.8) is 0 Å². The van der Waals surface area contributed by atoms with Crippen molar-refractivity contribution < 1.29 is 8.83 Å². The predicted molar refractivity (Wildman–Crippen MR) is 53.2 cm³/mol. The Balaban J connectivity index is 2.28. The van der Waals surface area contributed by atoms with Crippen LogP contribution in [0.1, 0.15) is 18.4 Å². The monoisotopic (exact) mass is 190 g/mol. The van der Waals surface area contributed by atoms with Gasteiger partial charge in [0.2, 0.25) is 0 Å². The fourth-order valence-corrected chi connectivity index (χ4v) is 1.13. The average molecular weight is 190 g/mol. The molecule has 2 heterocycles. The topological polar surface area (TPSA) is 65.2 Å². The third-order valence-corrected chi connectivity index (χ3v) is 1.81. The van der Waals surface area contributed by atoms with Crippen molar-refractivity contribution in [1.29, 1.82) is 0 Å². The van der Waals surface area contributed by atoms with Gasteiger partial charge in [0, 0.05) is 0 Å². The molecule has 2 aromatic rings. The number of rotatable bonds is 2. The summed E-state index contributed by atoms with van der Waals surface area (Å²) >= 11 is 0. The van der Waals surface area contributed by atoms with Crippen LogP contribution in [0.25, 0.3) is 11.6 Å². The highest BCUT2D eigenvalue weighted by Gasteiger charge is 2.03. The largest absolute Gasteiger partial charge is 0.465 e. The highest BCUT2D eigenvalue weighted by Crippen LogP contribution is 2.19. The second-order valence-corrected chi connectivity index (χ2v) is 2.91. The first-order chi connectivity index (χ1) is 6.75. The van der Waals surface area contributed by atoms with Crippen molar-refractivity contribution in [1.82, 2.24) is 4.98 Å². The highest BCUT2D eigenvalue weighted by atomic mass is 16.4. The summed E-state index contributed by atoms with van der Waals surface area (Å²) in [5, 5.41) is 0. The maximum atomic E-state index is 5.36. The molecule has 4 heteroatoms. The van der Waals surface area contributed by atoms with E-state index < -0.39 is 0 Å². The van der Waals surface area contributed by atoms with Gasteiger partial charge in [0.05, 0.1) is 12.5 Å². The average Bonchev–Trinajstić information content (AvgIpc) is 2.75. The molecule has 0 saturated carbocycles. The molecular weight excluding hydrogens is 180 g/mol. The van der Waals surface area contributed by atoms with Crippen molar-refractivity contribution in [2.24, 2.45) is 0 Å². The van der Waals surface area contributed by atoms with E-state index in [9.17, 15) is 0 Å². The van der Waals surface area contributed by atoms with Crippen molar-refractivity contribution in [2.75, 3.05) is 5.73 Å². The summed E-state index contributed by atoms with van der Waals surface area (Å²) in [5.74, 6) is 1.43.